The molecule has 0 bridgehead atoms. The standard InChI is InChI=1S/C21H17Br2N5O2/c22-16-3-1-15(2-4-16)12-28-13-18(11-24-28)25-21(29)20-9-10-27(26-20)14-30-19-7-5-17(23)6-8-19/h1-11,13H,12,14H2,(H,25,29). The minimum atomic E-state index is -0.305. The van der Waals surface area contributed by atoms with Gasteiger partial charge in [-0.05, 0) is 48.0 Å². The van der Waals surface area contributed by atoms with Gasteiger partial charge in [0.05, 0.1) is 18.4 Å². The van der Waals surface area contributed by atoms with Crippen LogP contribution in [0.1, 0.15) is 16.1 Å². The van der Waals surface area contributed by atoms with Gasteiger partial charge in [0.25, 0.3) is 5.91 Å². The molecule has 2 aromatic carbocycles. The van der Waals surface area contributed by atoms with E-state index in [1.54, 1.807) is 34.0 Å². The summed E-state index contributed by atoms with van der Waals surface area (Å²) in [5.74, 6) is 0.415. The lowest BCUT2D eigenvalue weighted by atomic mass is 10.2. The van der Waals surface area contributed by atoms with E-state index < -0.39 is 0 Å². The number of carbonyl (C=O) groups excluding carboxylic acids is 1. The Morgan fingerprint density at radius 1 is 0.967 bits per heavy atom. The molecule has 7 nitrogen and oxygen atoms in total. The number of amides is 1. The quantitative estimate of drug-likeness (QED) is 0.367. The SMILES string of the molecule is O=C(Nc1cnn(Cc2ccc(Br)cc2)c1)c1ccn(COc2ccc(Br)cc2)n1. The largest absolute Gasteiger partial charge is 0.471 e. The van der Waals surface area contributed by atoms with Gasteiger partial charge >= 0.3 is 0 Å². The second kappa shape index (κ2) is 9.27. The lowest BCUT2D eigenvalue weighted by Crippen LogP contribution is -2.14. The number of halogens is 2. The lowest BCUT2D eigenvalue weighted by molar-refractivity contribution is 0.102. The summed E-state index contributed by atoms with van der Waals surface area (Å²) in [6.07, 6.45) is 5.10. The van der Waals surface area contributed by atoms with Crippen LogP contribution in [0.3, 0.4) is 0 Å². The number of hydrogen-bond acceptors (Lipinski definition) is 4. The van der Waals surface area contributed by atoms with Crippen molar-refractivity contribution in [3.63, 3.8) is 0 Å². The molecule has 0 spiro atoms. The minimum Gasteiger partial charge on any atom is -0.471 e. The summed E-state index contributed by atoms with van der Waals surface area (Å²) in [5.41, 5.74) is 2.02. The summed E-state index contributed by atoms with van der Waals surface area (Å²) < 4.78 is 11.0. The number of carbonyl (C=O) groups is 1. The molecule has 152 valence electrons. The first kappa shape index (κ1) is 20.4. The highest BCUT2D eigenvalue weighted by Crippen LogP contribution is 2.17. The fourth-order valence-corrected chi connectivity index (χ4v) is 3.24. The van der Waals surface area contributed by atoms with E-state index in [2.05, 4.69) is 47.4 Å². The van der Waals surface area contributed by atoms with Crippen LogP contribution in [0.15, 0.2) is 82.1 Å². The fraction of sp³-hybridized carbons (Fsp3) is 0.0952. The van der Waals surface area contributed by atoms with Gasteiger partial charge in [0.2, 0.25) is 0 Å². The predicted molar refractivity (Wildman–Crippen MR) is 120 cm³/mol. The van der Waals surface area contributed by atoms with Crippen molar-refractivity contribution in [2.75, 3.05) is 5.32 Å². The van der Waals surface area contributed by atoms with Crippen molar-refractivity contribution in [2.45, 2.75) is 13.3 Å². The smallest absolute Gasteiger partial charge is 0.276 e. The topological polar surface area (TPSA) is 74.0 Å². The van der Waals surface area contributed by atoms with Crippen molar-refractivity contribution in [2.24, 2.45) is 0 Å². The molecule has 0 aliphatic heterocycles. The average Bonchev–Trinajstić information content (AvgIpc) is 3.39. The third kappa shape index (κ3) is 5.37. The van der Waals surface area contributed by atoms with Gasteiger partial charge in [0, 0.05) is 21.3 Å². The number of nitrogens with zero attached hydrogens (tertiary/aromatic N) is 4. The van der Waals surface area contributed by atoms with Crippen LogP contribution < -0.4 is 10.1 Å². The number of nitrogens with one attached hydrogen (secondary N) is 1. The highest BCUT2D eigenvalue weighted by molar-refractivity contribution is 9.10. The van der Waals surface area contributed by atoms with Crippen LogP contribution in [0.25, 0.3) is 0 Å². The molecule has 0 unspecified atom stereocenters. The van der Waals surface area contributed by atoms with Crippen LogP contribution in [-0.4, -0.2) is 25.5 Å². The third-order valence-corrected chi connectivity index (χ3v) is 5.26. The number of hydrogen-bond donors (Lipinski definition) is 1. The van der Waals surface area contributed by atoms with Gasteiger partial charge in [-0.15, -0.1) is 0 Å². The zero-order valence-corrected chi connectivity index (χ0v) is 18.9. The molecule has 2 aromatic heterocycles. The molecule has 4 rings (SSSR count). The molecule has 0 atom stereocenters. The fourth-order valence-electron chi connectivity index (χ4n) is 2.71. The number of benzene rings is 2. The van der Waals surface area contributed by atoms with Crippen LogP contribution in [0.5, 0.6) is 5.75 Å². The minimum absolute atomic E-state index is 0.208. The summed E-state index contributed by atoms with van der Waals surface area (Å²) in [7, 11) is 0. The highest BCUT2D eigenvalue weighted by atomic mass is 79.9. The maximum absolute atomic E-state index is 12.5. The molecule has 9 heteroatoms. The van der Waals surface area contributed by atoms with Gasteiger partial charge in [-0.25, -0.2) is 4.68 Å². The zero-order chi connectivity index (χ0) is 20.9. The van der Waals surface area contributed by atoms with Crippen LogP contribution in [-0.2, 0) is 13.3 Å². The Kier molecular flexibility index (Phi) is 6.29. The van der Waals surface area contributed by atoms with Crippen molar-refractivity contribution in [1.82, 2.24) is 19.6 Å². The maximum Gasteiger partial charge on any atom is 0.276 e. The van der Waals surface area contributed by atoms with Crippen LogP contribution in [0, 0.1) is 0 Å². The second-order valence-corrected chi connectivity index (χ2v) is 8.31. The molecule has 1 N–H and O–H groups in total. The van der Waals surface area contributed by atoms with E-state index in [4.69, 9.17) is 4.74 Å². The van der Waals surface area contributed by atoms with Crippen LogP contribution in [0.4, 0.5) is 5.69 Å². The second-order valence-electron chi connectivity index (χ2n) is 6.47. The average molecular weight is 531 g/mol. The van der Waals surface area contributed by atoms with Crippen LogP contribution in [0.2, 0.25) is 0 Å². The molecule has 1 amide bonds. The highest BCUT2D eigenvalue weighted by Gasteiger charge is 2.11. The van der Waals surface area contributed by atoms with E-state index in [-0.39, 0.29) is 12.6 Å². The van der Waals surface area contributed by atoms with Gasteiger partial charge in [0.15, 0.2) is 12.4 Å². The number of ether oxygens (including phenoxy) is 1. The Balaban J connectivity index is 1.32. The van der Waals surface area contributed by atoms with E-state index in [1.807, 2.05) is 48.5 Å². The molecular formula is C21H17Br2N5O2. The van der Waals surface area contributed by atoms with E-state index >= 15 is 0 Å². The van der Waals surface area contributed by atoms with Crippen molar-refractivity contribution in [3.05, 3.63) is 93.4 Å². The van der Waals surface area contributed by atoms with Gasteiger partial charge in [-0.2, -0.15) is 10.2 Å². The first-order chi connectivity index (χ1) is 14.5. The summed E-state index contributed by atoms with van der Waals surface area (Å²) in [6, 6.07) is 17.2. The molecule has 0 aliphatic carbocycles. The summed E-state index contributed by atoms with van der Waals surface area (Å²) in [4.78, 5) is 12.5. The van der Waals surface area contributed by atoms with E-state index in [1.165, 1.54) is 0 Å². The molecule has 0 aliphatic rings. The number of rotatable bonds is 7. The summed E-state index contributed by atoms with van der Waals surface area (Å²) >= 11 is 6.81. The molecule has 4 aromatic rings. The third-order valence-electron chi connectivity index (χ3n) is 4.20. The predicted octanol–water partition coefficient (Wildman–Crippen LogP) is 4.94. The van der Waals surface area contributed by atoms with E-state index in [0.29, 0.717) is 17.9 Å². The summed E-state index contributed by atoms with van der Waals surface area (Å²) in [5, 5.41) is 11.4. The molecule has 0 saturated carbocycles. The maximum atomic E-state index is 12.5. The Morgan fingerprint density at radius 2 is 1.67 bits per heavy atom. The number of aromatic nitrogens is 4. The molecule has 2 heterocycles. The molecule has 30 heavy (non-hydrogen) atoms. The van der Waals surface area contributed by atoms with Crippen molar-refractivity contribution in [1.29, 1.82) is 0 Å². The van der Waals surface area contributed by atoms with Gasteiger partial charge < -0.3 is 10.1 Å². The Labute approximate surface area is 189 Å². The normalized spacial score (nSPS) is 10.7. The molecular weight excluding hydrogens is 514 g/mol. The van der Waals surface area contributed by atoms with Gasteiger partial charge in [0.1, 0.15) is 5.75 Å². The monoisotopic (exact) mass is 529 g/mol. The Bertz CT molecular complexity index is 1140. The van der Waals surface area contributed by atoms with Crippen molar-refractivity contribution >= 4 is 43.5 Å². The van der Waals surface area contributed by atoms with Crippen molar-refractivity contribution in [3.8, 4) is 5.75 Å². The first-order valence-electron chi connectivity index (χ1n) is 9.05. The van der Waals surface area contributed by atoms with E-state index in [9.17, 15) is 4.79 Å². The Morgan fingerprint density at radius 3 is 2.40 bits per heavy atom. The van der Waals surface area contributed by atoms with E-state index in [0.717, 1.165) is 20.3 Å². The molecule has 0 saturated heterocycles. The molecule has 0 fully saturated rings. The zero-order valence-electron chi connectivity index (χ0n) is 15.7. The number of anilines is 1. The van der Waals surface area contributed by atoms with Gasteiger partial charge in [-0.1, -0.05) is 44.0 Å². The lowest BCUT2D eigenvalue weighted by Gasteiger charge is -2.06. The van der Waals surface area contributed by atoms with Gasteiger partial charge in [-0.3, -0.25) is 9.48 Å². The first-order valence-corrected chi connectivity index (χ1v) is 10.6. The summed E-state index contributed by atoms with van der Waals surface area (Å²) in [6.45, 7) is 0.825. The van der Waals surface area contributed by atoms with Crippen LogP contribution >= 0.6 is 31.9 Å². The Hall–Kier alpha value is -2.91. The van der Waals surface area contributed by atoms with Crippen molar-refractivity contribution < 1.29 is 9.53 Å². The molecule has 0 radical (unpaired) electrons.